The Bertz CT molecular complexity index is 1620. The van der Waals surface area contributed by atoms with E-state index in [1.807, 2.05) is 4.90 Å². The van der Waals surface area contributed by atoms with Crippen molar-refractivity contribution in [2.24, 2.45) is 5.41 Å². The zero-order chi connectivity index (χ0) is 33.7. The number of fused-ring (bicyclic) bond motifs is 2. The Morgan fingerprint density at radius 3 is 2.40 bits per heavy atom. The quantitative estimate of drug-likeness (QED) is 0.393. The minimum absolute atomic E-state index is 0.0523. The highest BCUT2D eigenvalue weighted by molar-refractivity contribution is 7.52. The van der Waals surface area contributed by atoms with Crippen LogP contribution in [0.4, 0.5) is 8.78 Å². The second-order valence-corrected chi connectivity index (χ2v) is 16.4. The lowest BCUT2D eigenvalue weighted by molar-refractivity contribution is -0.148. The van der Waals surface area contributed by atoms with Crippen molar-refractivity contribution in [3.63, 3.8) is 0 Å². The molecule has 0 bridgehead atoms. The van der Waals surface area contributed by atoms with Gasteiger partial charge in [-0.3, -0.25) is 23.7 Å². The molecule has 0 unspecified atom stereocenters. The van der Waals surface area contributed by atoms with Gasteiger partial charge in [-0.1, -0.05) is 31.7 Å². The average molecular weight is 695 g/mol. The van der Waals surface area contributed by atoms with E-state index in [2.05, 4.69) is 5.32 Å². The number of benzene rings is 1. The number of alkyl halides is 2. The molecule has 1 aromatic carbocycles. The van der Waals surface area contributed by atoms with Crippen LogP contribution >= 0.6 is 18.9 Å². The van der Waals surface area contributed by atoms with Gasteiger partial charge < -0.3 is 29.8 Å². The van der Waals surface area contributed by atoms with Gasteiger partial charge in [0.2, 0.25) is 17.7 Å². The number of likely N-dealkylation sites (tertiary alicyclic amines) is 1. The summed E-state index contributed by atoms with van der Waals surface area (Å²) in [4.78, 5) is 77.8. The summed E-state index contributed by atoms with van der Waals surface area (Å²) < 4.78 is 40.5. The molecule has 11 nitrogen and oxygen atoms in total. The maximum Gasteiger partial charge on any atom is 0.399 e. The summed E-state index contributed by atoms with van der Waals surface area (Å²) in [6.07, 6.45) is 9.66. The van der Waals surface area contributed by atoms with Gasteiger partial charge in [-0.15, -0.1) is 11.3 Å². The van der Waals surface area contributed by atoms with E-state index >= 15 is 0 Å². The zero-order valence-electron chi connectivity index (χ0n) is 26.3. The SMILES string of the molecule is CC(=O)N1CC[C@H]2CC[C@@H](C(=O)N3CCC4(CCCCCC4)C3)N2C(=O)[C@@H](NC(=O)c2cc3cc(C(F)(F)P(=O)(O)O)ccc3s2)C1. The number of thiophene rings is 1. The number of hydrogen-bond donors (Lipinski definition) is 3. The van der Waals surface area contributed by atoms with Crippen LogP contribution in [0.5, 0.6) is 0 Å². The molecule has 15 heteroatoms. The zero-order valence-corrected chi connectivity index (χ0v) is 28.0. The first-order valence-electron chi connectivity index (χ1n) is 16.3. The number of rotatable bonds is 5. The van der Waals surface area contributed by atoms with Gasteiger partial charge in [0.15, 0.2) is 0 Å². The van der Waals surface area contributed by atoms with Gasteiger partial charge in [-0.05, 0) is 67.5 Å². The highest BCUT2D eigenvalue weighted by Gasteiger charge is 2.51. The molecule has 4 fully saturated rings. The van der Waals surface area contributed by atoms with Gasteiger partial charge in [0.05, 0.1) is 4.88 Å². The summed E-state index contributed by atoms with van der Waals surface area (Å²) in [7, 11) is -5.78. The number of halogens is 2. The minimum Gasteiger partial charge on any atom is -0.340 e. The first-order chi connectivity index (χ1) is 22.2. The predicted molar refractivity (Wildman–Crippen MR) is 171 cm³/mol. The Hall–Kier alpha value is -2.93. The predicted octanol–water partition coefficient (Wildman–Crippen LogP) is 4.41. The summed E-state index contributed by atoms with van der Waals surface area (Å²) in [5, 5.41) is 2.93. The van der Waals surface area contributed by atoms with Gasteiger partial charge in [-0.25, -0.2) is 0 Å². The molecule has 0 radical (unpaired) electrons. The van der Waals surface area contributed by atoms with Crippen LogP contribution in [0.3, 0.4) is 0 Å². The van der Waals surface area contributed by atoms with E-state index in [-0.39, 0.29) is 40.1 Å². The Morgan fingerprint density at radius 2 is 1.72 bits per heavy atom. The van der Waals surface area contributed by atoms with Crippen molar-refractivity contribution in [1.82, 2.24) is 20.0 Å². The summed E-state index contributed by atoms with van der Waals surface area (Å²) in [5.74, 6) is -1.39. The van der Waals surface area contributed by atoms with Crippen LogP contribution in [0.15, 0.2) is 24.3 Å². The molecule has 1 aromatic heterocycles. The first-order valence-corrected chi connectivity index (χ1v) is 18.8. The lowest BCUT2D eigenvalue weighted by Gasteiger charge is -2.39. The van der Waals surface area contributed by atoms with Gasteiger partial charge >= 0.3 is 13.3 Å². The minimum atomic E-state index is -5.78. The Balaban J connectivity index is 1.22. The van der Waals surface area contributed by atoms with Crippen LogP contribution < -0.4 is 5.32 Å². The number of amides is 4. The summed E-state index contributed by atoms with van der Waals surface area (Å²) in [5.41, 5.74) is -5.13. The molecule has 1 saturated carbocycles. The highest BCUT2D eigenvalue weighted by Crippen LogP contribution is 2.59. The largest absolute Gasteiger partial charge is 0.399 e. The molecule has 256 valence electrons. The molecule has 4 amide bonds. The van der Waals surface area contributed by atoms with E-state index in [9.17, 15) is 32.5 Å². The monoisotopic (exact) mass is 694 g/mol. The first kappa shape index (κ1) is 34.0. The summed E-state index contributed by atoms with van der Waals surface area (Å²) in [6, 6.07) is 2.38. The van der Waals surface area contributed by atoms with Crippen molar-refractivity contribution in [2.45, 2.75) is 94.9 Å². The van der Waals surface area contributed by atoms with E-state index < -0.39 is 42.7 Å². The van der Waals surface area contributed by atoms with Crippen molar-refractivity contribution >= 4 is 52.6 Å². The van der Waals surface area contributed by atoms with E-state index in [0.717, 1.165) is 42.7 Å². The Kier molecular flexibility index (Phi) is 9.27. The maximum atomic E-state index is 14.3. The Labute approximate surface area is 275 Å². The third-order valence-corrected chi connectivity index (χ3v) is 12.7. The normalized spacial score (nSPS) is 25.4. The Morgan fingerprint density at radius 1 is 1.00 bits per heavy atom. The summed E-state index contributed by atoms with van der Waals surface area (Å²) in [6.45, 7) is 3.07. The van der Waals surface area contributed by atoms with Crippen molar-refractivity contribution in [3.8, 4) is 0 Å². The molecule has 1 spiro atoms. The molecule has 6 rings (SSSR count). The molecule has 3 N–H and O–H groups in total. The molecule has 3 aliphatic heterocycles. The van der Waals surface area contributed by atoms with Crippen molar-refractivity contribution < 1.29 is 42.3 Å². The fraction of sp³-hybridized carbons (Fsp3) is 0.625. The van der Waals surface area contributed by atoms with Gasteiger partial charge in [0, 0.05) is 49.4 Å². The fourth-order valence-electron chi connectivity index (χ4n) is 7.97. The van der Waals surface area contributed by atoms with Crippen LogP contribution in [0, 0.1) is 5.41 Å². The standard InChI is InChI=1S/C32H41F2N4O7PS/c1-20(39)36-14-10-23-7-8-25(30(42)37-15-13-31(19-37)11-4-2-3-5-12-31)38(23)29(41)24(18-36)35-28(40)27-17-21-16-22(6-9-26(21)47-27)32(33,34)46(43,44)45/h6,9,16-17,23-25H,2-5,7-8,10-15,18-19H2,1H3,(H,35,40)(H2,43,44,45)/t23-,24+,25+/m1/s1. The van der Waals surface area contributed by atoms with Crippen LogP contribution in [0.1, 0.15) is 86.4 Å². The molecule has 47 heavy (non-hydrogen) atoms. The molecule has 3 saturated heterocycles. The van der Waals surface area contributed by atoms with Gasteiger partial charge in [0.1, 0.15) is 12.1 Å². The van der Waals surface area contributed by atoms with Crippen molar-refractivity contribution in [2.75, 3.05) is 26.2 Å². The van der Waals surface area contributed by atoms with Gasteiger partial charge in [0.25, 0.3) is 5.91 Å². The molecule has 3 atom stereocenters. The third kappa shape index (κ3) is 6.58. The number of hydrogen-bond acceptors (Lipinski definition) is 6. The number of nitrogens with zero attached hydrogens (tertiary/aromatic N) is 3. The molecule has 2 aromatic rings. The van der Waals surface area contributed by atoms with E-state index in [1.54, 1.807) is 4.90 Å². The van der Waals surface area contributed by atoms with Crippen LogP contribution in [0.2, 0.25) is 0 Å². The average Bonchev–Trinajstić information content (AvgIpc) is 3.70. The molecule has 1 aliphatic carbocycles. The lowest BCUT2D eigenvalue weighted by Crippen LogP contribution is -2.61. The highest BCUT2D eigenvalue weighted by atomic mass is 32.1. The molecular weight excluding hydrogens is 653 g/mol. The third-order valence-electron chi connectivity index (χ3n) is 10.6. The van der Waals surface area contributed by atoms with Crippen molar-refractivity contribution in [1.29, 1.82) is 0 Å². The molecular formula is C32H41F2N4O7PS. The van der Waals surface area contributed by atoms with Crippen LogP contribution in [-0.2, 0) is 24.6 Å². The second kappa shape index (κ2) is 12.8. The van der Waals surface area contributed by atoms with E-state index in [0.29, 0.717) is 43.6 Å². The van der Waals surface area contributed by atoms with E-state index in [1.165, 1.54) is 49.6 Å². The molecule has 4 aliphatic rings. The summed E-state index contributed by atoms with van der Waals surface area (Å²) >= 11 is 0.975. The molecule has 4 heterocycles. The smallest absolute Gasteiger partial charge is 0.340 e. The van der Waals surface area contributed by atoms with Crippen LogP contribution in [-0.4, -0.2) is 92.4 Å². The maximum absolute atomic E-state index is 14.3. The van der Waals surface area contributed by atoms with Gasteiger partial charge in [-0.2, -0.15) is 8.78 Å². The fourth-order valence-corrected chi connectivity index (χ4v) is 9.39. The topological polar surface area (TPSA) is 148 Å². The number of carbonyl (C=O) groups is 4. The van der Waals surface area contributed by atoms with E-state index in [4.69, 9.17) is 9.79 Å². The number of nitrogens with one attached hydrogen (secondary N) is 1. The number of carbonyl (C=O) groups excluding carboxylic acids is 4. The van der Waals surface area contributed by atoms with Crippen LogP contribution in [0.25, 0.3) is 10.1 Å². The van der Waals surface area contributed by atoms with Crippen molar-refractivity contribution in [3.05, 3.63) is 34.7 Å². The second-order valence-electron chi connectivity index (χ2n) is 13.6. The lowest BCUT2D eigenvalue weighted by atomic mass is 9.80.